The van der Waals surface area contributed by atoms with Crippen molar-refractivity contribution in [2.45, 2.75) is 58.0 Å². The van der Waals surface area contributed by atoms with Gasteiger partial charge in [-0.05, 0) is 37.4 Å². The molecule has 5 heteroatoms. The van der Waals surface area contributed by atoms with Crippen molar-refractivity contribution in [1.82, 2.24) is 20.0 Å². The summed E-state index contributed by atoms with van der Waals surface area (Å²) in [5.74, 6) is 2.11. The Kier molecular flexibility index (Phi) is 4.39. The van der Waals surface area contributed by atoms with Gasteiger partial charge in [-0.25, -0.2) is 0 Å². The van der Waals surface area contributed by atoms with Gasteiger partial charge in [0.15, 0.2) is 5.82 Å². The fourth-order valence-electron chi connectivity index (χ4n) is 2.68. The SMILES string of the molecule is CCCC(NCC)c1ccn(Cc2noc(C3CC3)n2)c1. The third-order valence-corrected chi connectivity index (χ3v) is 3.94. The fourth-order valence-corrected chi connectivity index (χ4v) is 2.68. The molecule has 114 valence electrons. The molecule has 2 heterocycles. The van der Waals surface area contributed by atoms with Gasteiger partial charge >= 0.3 is 0 Å². The third-order valence-electron chi connectivity index (χ3n) is 3.94. The fraction of sp³-hybridized carbons (Fsp3) is 0.625. The highest BCUT2D eigenvalue weighted by molar-refractivity contribution is 5.16. The molecular formula is C16H24N4O. The topological polar surface area (TPSA) is 55.9 Å². The first kappa shape index (κ1) is 14.3. The minimum atomic E-state index is 0.438. The maximum Gasteiger partial charge on any atom is 0.229 e. The third kappa shape index (κ3) is 3.53. The van der Waals surface area contributed by atoms with Crippen LogP contribution in [0.25, 0.3) is 0 Å². The molecule has 1 unspecified atom stereocenters. The summed E-state index contributed by atoms with van der Waals surface area (Å²) in [6, 6.07) is 2.62. The molecule has 0 spiro atoms. The Labute approximate surface area is 125 Å². The van der Waals surface area contributed by atoms with Crippen molar-refractivity contribution in [2.75, 3.05) is 6.54 Å². The molecule has 3 rings (SSSR count). The van der Waals surface area contributed by atoms with E-state index in [9.17, 15) is 0 Å². The zero-order chi connectivity index (χ0) is 14.7. The second-order valence-electron chi connectivity index (χ2n) is 5.84. The molecule has 1 aliphatic carbocycles. The summed E-state index contributed by atoms with van der Waals surface area (Å²) in [6.45, 7) is 6.05. The molecule has 1 fully saturated rings. The van der Waals surface area contributed by atoms with E-state index >= 15 is 0 Å². The first-order valence-electron chi connectivity index (χ1n) is 8.01. The van der Waals surface area contributed by atoms with Crippen molar-refractivity contribution >= 4 is 0 Å². The zero-order valence-corrected chi connectivity index (χ0v) is 12.9. The van der Waals surface area contributed by atoms with E-state index in [1.54, 1.807) is 0 Å². The van der Waals surface area contributed by atoms with Crippen LogP contribution in [-0.4, -0.2) is 21.3 Å². The number of nitrogens with zero attached hydrogens (tertiary/aromatic N) is 3. The van der Waals surface area contributed by atoms with Gasteiger partial charge < -0.3 is 14.4 Å². The second-order valence-corrected chi connectivity index (χ2v) is 5.84. The van der Waals surface area contributed by atoms with Gasteiger partial charge in [0, 0.05) is 24.4 Å². The van der Waals surface area contributed by atoms with Crippen molar-refractivity contribution < 1.29 is 4.52 Å². The highest BCUT2D eigenvalue weighted by Gasteiger charge is 2.29. The molecule has 1 N–H and O–H groups in total. The summed E-state index contributed by atoms with van der Waals surface area (Å²) in [7, 11) is 0. The Hall–Kier alpha value is -1.62. The van der Waals surface area contributed by atoms with Gasteiger partial charge in [0.05, 0.1) is 6.54 Å². The van der Waals surface area contributed by atoms with E-state index in [0.29, 0.717) is 18.5 Å². The molecule has 0 aromatic carbocycles. The smallest absolute Gasteiger partial charge is 0.229 e. The number of rotatable bonds is 8. The van der Waals surface area contributed by atoms with Gasteiger partial charge in [0.2, 0.25) is 5.89 Å². The minimum absolute atomic E-state index is 0.438. The molecule has 2 aromatic rings. The summed E-state index contributed by atoms with van der Waals surface area (Å²) < 4.78 is 7.44. The van der Waals surface area contributed by atoms with Gasteiger partial charge in [-0.3, -0.25) is 0 Å². The molecule has 0 amide bonds. The van der Waals surface area contributed by atoms with Crippen LogP contribution in [0.3, 0.4) is 0 Å². The highest BCUT2D eigenvalue weighted by atomic mass is 16.5. The van der Waals surface area contributed by atoms with Crippen molar-refractivity contribution in [3.8, 4) is 0 Å². The van der Waals surface area contributed by atoms with Crippen molar-refractivity contribution in [3.63, 3.8) is 0 Å². The van der Waals surface area contributed by atoms with E-state index in [2.05, 4.69) is 52.3 Å². The summed E-state index contributed by atoms with van der Waals surface area (Å²) in [5.41, 5.74) is 1.34. The first-order chi connectivity index (χ1) is 10.3. The molecule has 5 nitrogen and oxygen atoms in total. The van der Waals surface area contributed by atoms with Gasteiger partial charge in [-0.2, -0.15) is 4.98 Å². The van der Waals surface area contributed by atoms with E-state index in [4.69, 9.17) is 4.52 Å². The van der Waals surface area contributed by atoms with Crippen LogP contribution in [0.1, 0.15) is 68.8 Å². The van der Waals surface area contributed by atoms with E-state index < -0.39 is 0 Å². The van der Waals surface area contributed by atoms with Crippen LogP contribution >= 0.6 is 0 Å². The van der Waals surface area contributed by atoms with Gasteiger partial charge in [-0.1, -0.05) is 25.4 Å². The molecule has 0 radical (unpaired) electrons. The van der Waals surface area contributed by atoms with Crippen LogP contribution in [0, 0.1) is 0 Å². The average molecular weight is 288 g/mol. The van der Waals surface area contributed by atoms with E-state index in [-0.39, 0.29) is 0 Å². The molecule has 0 aliphatic heterocycles. The van der Waals surface area contributed by atoms with E-state index in [1.165, 1.54) is 24.8 Å². The standard InChI is InChI=1S/C16H24N4O/c1-3-5-14(17-4-2)13-8-9-20(10-13)11-15-18-16(21-19-15)12-6-7-12/h8-10,12,14,17H,3-7,11H2,1-2H3. The predicted molar refractivity (Wildman–Crippen MR) is 81.1 cm³/mol. The number of hydrogen-bond donors (Lipinski definition) is 1. The van der Waals surface area contributed by atoms with Crippen molar-refractivity contribution in [2.24, 2.45) is 0 Å². The number of hydrogen-bond acceptors (Lipinski definition) is 4. The highest BCUT2D eigenvalue weighted by Crippen LogP contribution is 2.38. The van der Waals surface area contributed by atoms with Crippen LogP contribution in [0.5, 0.6) is 0 Å². The predicted octanol–water partition coefficient (Wildman–Crippen LogP) is 3.25. The van der Waals surface area contributed by atoms with Gasteiger partial charge in [0.1, 0.15) is 0 Å². The number of nitrogens with one attached hydrogen (secondary N) is 1. The lowest BCUT2D eigenvalue weighted by Gasteiger charge is -2.15. The lowest BCUT2D eigenvalue weighted by molar-refractivity contribution is 0.373. The molecule has 1 saturated carbocycles. The Morgan fingerprint density at radius 2 is 2.29 bits per heavy atom. The van der Waals surface area contributed by atoms with Crippen LogP contribution < -0.4 is 5.32 Å². The molecule has 1 atom stereocenters. The summed E-state index contributed by atoms with van der Waals surface area (Å²) in [4.78, 5) is 4.48. The lowest BCUT2D eigenvalue weighted by Crippen LogP contribution is -2.20. The Morgan fingerprint density at radius 3 is 3.00 bits per heavy atom. The Balaban J connectivity index is 1.65. The normalized spacial score (nSPS) is 16.3. The number of aromatic nitrogens is 3. The van der Waals surface area contributed by atoms with Crippen LogP contribution in [0.2, 0.25) is 0 Å². The van der Waals surface area contributed by atoms with Crippen molar-refractivity contribution in [1.29, 1.82) is 0 Å². The summed E-state index contributed by atoms with van der Waals surface area (Å²) in [6.07, 6.45) is 9.01. The Bertz CT molecular complexity index is 564. The summed E-state index contributed by atoms with van der Waals surface area (Å²) in [5, 5.41) is 7.62. The van der Waals surface area contributed by atoms with E-state index in [1.807, 2.05) is 0 Å². The van der Waals surface area contributed by atoms with Crippen LogP contribution in [-0.2, 0) is 6.54 Å². The minimum Gasteiger partial charge on any atom is -0.346 e. The van der Waals surface area contributed by atoms with Crippen molar-refractivity contribution in [3.05, 3.63) is 35.7 Å². The maximum atomic E-state index is 5.31. The van der Waals surface area contributed by atoms with Gasteiger partial charge in [-0.15, -0.1) is 0 Å². The molecule has 1 aliphatic rings. The molecule has 0 bridgehead atoms. The monoisotopic (exact) mass is 288 g/mol. The zero-order valence-electron chi connectivity index (χ0n) is 12.9. The molecule has 2 aromatic heterocycles. The molecular weight excluding hydrogens is 264 g/mol. The summed E-state index contributed by atoms with van der Waals surface area (Å²) >= 11 is 0. The van der Waals surface area contributed by atoms with Crippen LogP contribution in [0.15, 0.2) is 23.0 Å². The van der Waals surface area contributed by atoms with Crippen LogP contribution in [0.4, 0.5) is 0 Å². The second kappa shape index (κ2) is 6.43. The molecule has 21 heavy (non-hydrogen) atoms. The quantitative estimate of drug-likeness (QED) is 0.810. The Morgan fingerprint density at radius 1 is 1.43 bits per heavy atom. The molecule has 0 saturated heterocycles. The average Bonchev–Trinajstić information content (AvgIpc) is 3.05. The lowest BCUT2D eigenvalue weighted by atomic mass is 10.1. The van der Waals surface area contributed by atoms with Gasteiger partial charge in [0.25, 0.3) is 0 Å². The first-order valence-corrected chi connectivity index (χ1v) is 8.01. The van der Waals surface area contributed by atoms with E-state index in [0.717, 1.165) is 24.7 Å². The maximum absolute atomic E-state index is 5.31. The largest absolute Gasteiger partial charge is 0.346 e.